The average molecular weight is 209 g/mol. The van der Waals surface area contributed by atoms with Crippen LogP contribution in [-0.2, 0) is 11.8 Å². The number of aryl methyl sites for hydroxylation is 1. The van der Waals surface area contributed by atoms with Gasteiger partial charge < -0.3 is 10.5 Å². The van der Waals surface area contributed by atoms with E-state index in [4.69, 9.17) is 10.5 Å². The minimum absolute atomic E-state index is 0.0126. The van der Waals surface area contributed by atoms with Crippen LogP contribution in [0.2, 0.25) is 0 Å². The fraction of sp³-hybridized carbons (Fsp3) is 0.727. The number of hydrogen-bond donors (Lipinski definition) is 1. The van der Waals surface area contributed by atoms with Gasteiger partial charge in [0.2, 0.25) is 0 Å². The molecule has 3 unspecified atom stereocenters. The Balaban J connectivity index is 2.10. The van der Waals surface area contributed by atoms with Gasteiger partial charge in [-0.1, -0.05) is 6.92 Å². The summed E-state index contributed by atoms with van der Waals surface area (Å²) in [6.07, 6.45) is 4.33. The molecule has 4 heteroatoms. The number of nitrogens with two attached hydrogens (primary N) is 1. The van der Waals surface area contributed by atoms with Crippen LogP contribution < -0.4 is 5.73 Å². The Bertz CT molecular complexity index is 323. The van der Waals surface area contributed by atoms with Gasteiger partial charge in [0.1, 0.15) is 0 Å². The zero-order chi connectivity index (χ0) is 10.8. The quantitative estimate of drug-likeness (QED) is 0.814. The summed E-state index contributed by atoms with van der Waals surface area (Å²) in [7, 11) is 1.92. The standard InChI is InChI=1S/C11H19N3O/c1-3-10-8(5-7-15-10)11(12)9-4-6-14(2)13-9/h4,6,8,10-11H,3,5,7,12H2,1-2H3. The maximum atomic E-state index is 6.22. The highest BCUT2D eigenvalue weighted by atomic mass is 16.5. The van der Waals surface area contributed by atoms with Crippen LogP contribution in [0.1, 0.15) is 31.5 Å². The molecule has 0 spiro atoms. The number of rotatable bonds is 3. The fourth-order valence-corrected chi connectivity index (χ4v) is 2.33. The van der Waals surface area contributed by atoms with Crippen LogP contribution in [0, 0.1) is 5.92 Å². The van der Waals surface area contributed by atoms with Crippen LogP contribution >= 0.6 is 0 Å². The van der Waals surface area contributed by atoms with Gasteiger partial charge in [-0.2, -0.15) is 5.10 Å². The van der Waals surface area contributed by atoms with Crippen molar-refractivity contribution < 1.29 is 4.74 Å². The predicted octanol–water partition coefficient (Wildman–Crippen LogP) is 1.24. The molecule has 0 radical (unpaired) electrons. The smallest absolute Gasteiger partial charge is 0.0795 e. The highest BCUT2D eigenvalue weighted by Gasteiger charge is 2.33. The van der Waals surface area contributed by atoms with Gasteiger partial charge in [-0.3, -0.25) is 4.68 Å². The summed E-state index contributed by atoms with van der Waals surface area (Å²) in [4.78, 5) is 0. The lowest BCUT2D eigenvalue weighted by atomic mass is 9.90. The molecular formula is C11H19N3O. The first kappa shape index (κ1) is 10.6. The summed E-state index contributed by atoms with van der Waals surface area (Å²) in [6.45, 7) is 2.98. The molecule has 1 aliphatic heterocycles. The van der Waals surface area contributed by atoms with Gasteiger partial charge in [0.25, 0.3) is 0 Å². The topological polar surface area (TPSA) is 53.1 Å². The molecule has 1 aliphatic rings. The van der Waals surface area contributed by atoms with Gasteiger partial charge in [0.15, 0.2) is 0 Å². The van der Waals surface area contributed by atoms with Gasteiger partial charge in [-0.25, -0.2) is 0 Å². The fourth-order valence-electron chi connectivity index (χ4n) is 2.33. The minimum atomic E-state index is 0.0126. The maximum absolute atomic E-state index is 6.22. The number of ether oxygens (including phenoxy) is 1. The van der Waals surface area contributed by atoms with Crippen LogP contribution in [0.4, 0.5) is 0 Å². The number of hydrogen-bond acceptors (Lipinski definition) is 3. The first-order chi connectivity index (χ1) is 7.22. The third kappa shape index (κ3) is 2.06. The SMILES string of the molecule is CCC1OCCC1C(N)c1ccn(C)n1. The highest BCUT2D eigenvalue weighted by molar-refractivity contribution is 5.07. The lowest BCUT2D eigenvalue weighted by molar-refractivity contribution is 0.0809. The first-order valence-electron chi connectivity index (χ1n) is 5.59. The van der Waals surface area contributed by atoms with E-state index in [2.05, 4.69) is 12.0 Å². The van der Waals surface area contributed by atoms with Crippen molar-refractivity contribution in [3.8, 4) is 0 Å². The third-order valence-electron chi connectivity index (χ3n) is 3.20. The van der Waals surface area contributed by atoms with Crippen molar-refractivity contribution in [1.29, 1.82) is 0 Å². The molecule has 2 N–H and O–H groups in total. The van der Waals surface area contributed by atoms with Crippen molar-refractivity contribution in [3.63, 3.8) is 0 Å². The molecule has 1 saturated heterocycles. The van der Waals surface area contributed by atoms with E-state index in [1.54, 1.807) is 4.68 Å². The molecule has 0 saturated carbocycles. The largest absolute Gasteiger partial charge is 0.378 e. The van der Waals surface area contributed by atoms with Crippen molar-refractivity contribution in [2.45, 2.75) is 31.9 Å². The molecule has 4 nitrogen and oxygen atoms in total. The summed E-state index contributed by atoms with van der Waals surface area (Å²) in [5.74, 6) is 0.421. The van der Waals surface area contributed by atoms with Gasteiger partial charge in [0, 0.05) is 25.8 Å². The van der Waals surface area contributed by atoms with Gasteiger partial charge >= 0.3 is 0 Å². The summed E-state index contributed by atoms with van der Waals surface area (Å²) >= 11 is 0. The third-order valence-corrected chi connectivity index (χ3v) is 3.20. The second kappa shape index (κ2) is 4.33. The molecule has 15 heavy (non-hydrogen) atoms. The number of aromatic nitrogens is 2. The highest BCUT2D eigenvalue weighted by Crippen LogP contribution is 2.32. The average Bonchev–Trinajstić information content (AvgIpc) is 2.84. The Morgan fingerprint density at radius 1 is 1.73 bits per heavy atom. The summed E-state index contributed by atoms with van der Waals surface area (Å²) in [5, 5.41) is 4.36. The molecule has 1 aromatic rings. The second-order valence-corrected chi connectivity index (χ2v) is 4.21. The van der Waals surface area contributed by atoms with Gasteiger partial charge in [-0.15, -0.1) is 0 Å². The van der Waals surface area contributed by atoms with E-state index in [1.165, 1.54) is 0 Å². The predicted molar refractivity (Wildman–Crippen MR) is 58.3 cm³/mol. The van der Waals surface area contributed by atoms with Crippen LogP contribution in [0.15, 0.2) is 12.3 Å². The lowest BCUT2D eigenvalue weighted by Crippen LogP contribution is -2.28. The molecule has 1 aromatic heterocycles. The van der Waals surface area contributed by atoms with E-state index in [9.17, 15) is 0 Å². The molecule has 0 bridgehead atoms. The monoisotopic (exact) mass is 209 g/mol. The Hall–Kier alpha value is -0.870. The molecule has 1 fully saturated rings. The first-order valence-corrected chi connectivity index (χ1v) is 5.59. The van der Waals surface area contributed by atoms with Crippen molar-refractivity contribution >= 4 is 0 Å². The maximum Gasteiger partial charge on any atom is 0.0795 e. The van der Waals surface area contributed by atoms with Crippen molar-refractivity contribution in [2.24, 2.45) is 18.7 Å². The van der Waals surface area contributed by atoms with E-state index in [1.807, 2.05) is 19.3 Å². The van der Waals surface area contributed by atoms with Crippen molar-refractivity contribution in [1.82, 2.24) is 9.78 Å². The second-order valence-electron chi connectivity index (χ2n) is 4.21. The van der Waals surface area contributed by atoms with E-state index >= 15 is 0 Å². The zero-order valence-corrected chi connectivity index (χ0v) is 9.39. The van der Waals surface area contributed by atoms with Gasteiger partial charge in [0.05, 0.1) is 17.8 Å². The molecule has 2 rings (SSSR count). The van der Waals surface area contributed by atoms with E-state index in [0.717, 1.165) is 25.1 Å². The number of nitrogens with zero attached hydrogens (tertiary/aromatic N) is 2. The van der Waals surface area contributed by atoms with Crippen molar-refractivity contribution in [3.05, 3.63) is 18.0 Å². The van der Waals surface area contributed by atoms with E-state index < -0.39 is 0 Å². The summed E-state index contributed by atoms with van der Waals surface area (Å²) in [6, 6.07) is 2.01. The molecule has 0 aromatic carbocycles. The van der Waals surface area contributed by atoms with E-state index in [-0.39, 0.29) is 6.04 Å². The molecule has 3 atom stereocenters. The Labute approximate surface area is 90.4 Å². The van der Waals surface area contributed by atoms with Crippen LogP contribution in [0.5, 0.6) is 0 Å². The molecule has 2 heterocycles. The Morgan fingerprint density at radius 2 is 2.53 bits per heavy atom. The summed E-state index contributed by atoms with van der Waals surface area (Å²) in [5.41, 5.74) is 7.20. The van der Waals surface area contributed by atoms with E-state index in [0.29, 0.717) is 12.0 Å². The molecule has 84 valence electrons. The van der Waals surface area contributed by atoms with Crippen LogP contribution in [0.3, 0.4) is 0 Å². The molecule has 0 aliphatic carbocycles. The minimum Gasteiger partial charge on any atom is -0.378 e. The van der Waals surface area contributed by atoms with Crippen LogP contribution in [0.25, 0.3) is 0 Å². The lowest BCUT2D eigenvalue weighted by Gasteiger charge is -2.22. The molecule has 0 amide bonds. The van der Waals surface area contributed by atoms with Gasteiger partial charge in [-0.05, 0) is 18.9 Å². The summed E-state index contributed by atoms with van der Waals surface area (Å²) < 4.78 is 7.45. The molecular weight excluding hydrogens is 190 g/mol. The Morgan fingerprint density at radius 3 is 3.13 bits per heavy atom. The van der Waals surface area contributed by atoms with Crippen LogP contribution in [-0.4, -0.2) is 22.5 Å². The van der Waals surface area contributed by atoms with Crippen molar-refractivity contribution in [2.75, 3.05) is 6.61 Å². The Kier molecular flexibility index (Phi) is 3.07. The normalized spacial score (nSPS) is 28.2. The zero-order valence-electron chi connectivity index (χ0n) is 9.39.